The van der Waals surface area contributed by atoms with Crippen LogP contribution in [0.5, 0.6) is 11.5 Å². The van der Waals surface area contributed by atoms with Crippen LogP contribution in [0.15, 0.2) is 60.7 Å². The first-order chi connectivity index (χ1) is 35.8. The van der Waals surface area contributed by atoms with Crippen LogP contribution in [-0.4, -0.2) is 237 Å². The molecule has 4 aliphatic rings. The van der Waals surface area contributed by atoms with E-state index in [1.165, 1.54) is 45.2 Å². The number of rotatable bonds is 22. The maximum absolute atomic E-state index is 13.0. The second kappa shape index (κ2) is 28.0. The SMILES string of the molecule is COc1ccc(C=CC(=O)OCC2OC(OC3C(Oc4ccc(C=CC(=O)NCCCCNC(C)=O)cc4)OC(C)C(O)C3O)C(O)C(OC3OC(CO)C(O)C(OC4OC(CO)C(O)C(O)C4O)C3O)C2O)cc1. The smallest absolute Gasteiger partial charge is 0.330 e. The molecule has 6 rings (SSSR count). The minimum Gasteiger partial charge on any atom is -0.497 e. The fourth-order valence-corrected chi connectivity index (χ4v) is 8.37. The van der Waals surface area contributed by atoms with E-state index >= 15 is 0 Å². The summed E-state index contributed by atoms with van der Waals surface area (Å²) in [5.74, 6) is -0.671. The maximum atomic E-state index is 13.0. The van der Waals surface area contributed by atoms with E-state index in [-0.39, 0.29) is 17.6 Å². The van der Waals surface area contributed by atoms with E-state index in [0.717, 1.165) is 6.08 Å². The average Bonchev–Trinajstić information content (AvgIpc) is 3.40. The number of unbranched alkanes of at least 4 members (excludes halogenated alkanes) is 1. The summed E-state index contributed by atoms with van der Waals surface area (Å²) in [5, 5.41) is 125. The van der Waals surface area contributed by atoms with Gasteiger partial charge in [-0.05, 0) is 67.3 Å². The van der Waals surface area contributed by atoms with Crippen molar-refractivity contribution < 1.29 is 118 Å². The van der Waals surface area contributed by atoms with Gasteiger partial charge in [-0.1, -0.05) is 24.3 Å². The van der Waals surface area contributed by atoms with Crippen LogP contribution in [0.4, 0.5) is 0 Å². The number of amides is 2. The van der Waals surface area contributed by atoms with Gasteiger partial charge in [0.05, 0.1) is 26.4 Å². The van der Waals surface area contributed by atoms with Crippen LogP contribution in [0.2, 0.25) is 0 Å². The lowest BCUT2D eigenvalue weighted by Crippen LogP contribution is -2.67. The van der Waals surface area contributed by atoms with Crippen molar-refractivity contribution in [2.75, 3.05) is 40.0 Å². The molecular formula is C49H68N2O24. The third-order valence-electron chi connectivity index (χ3n) is 12.7. The Morgan fingerprint density at radius 1 is 0.547 bits per heavy atom. The number of hydrogen-bond acceptors (Lipinski definition) is 24. The molecule has 0 radical (unpaired) electrons. The summed E-state index contributed by atoms with van der Waals surface area (Å²) in [5.41, 5.74) is 1.19. The Kier molecular flexibility index (Phi) is 22.2. The van der Waals surface area contributed by atoms with Gasteiger partial charge in [-0.2, -0.15) is 0 Å². The summed E-state index contributed by atoms with van der Waals surface area (Å²) in [7, 11) is 1.49. The third kappa shape index (κ3) is 15.7. The molecule has 75 heavy (non-hydrogen) atoms. The van der Waals surface area contributed by atoms with Crippen LogP contribution in [-0.2, 0) is 52.3 Å². The van der Waals surface area contributed by atoms with Gasteiger partial charge in [0.2, 0.25) is 18.1 Å². The number of esters is 1. The molecule has 26 nitrogen and oxygen atoms in total. The molecule has 2 aromatic carbocycles. The van der Waals surface area contributed by atoms with E-state index in [9.17, 15) is 70.6 Å². The number of aliphatic hydroxyl groups excluding tert-OH is 11. The molecule has 0 aromatic heterocycles. The zero-order valence-electron chi connectivity index (χ0n) is 41.2. The summed E-state index contributed by atoms with van der Waals surface area (Å²) < 4.78 is 57.3. The summed E-state index contributed by atoms with van der Waals surface area (Å²) in [6, 6.07) is 12.9. The van der Waals surface area contributed by atoms with Crippen LogP contribution in [0.3, 0.4) is 0 Å². The van der Waals surface area contributed by atoms with Gasteiger partial charge in [0.1, 0.15) is 104 Å². The third-order valence-corrected chi connectivity index (χ3v) is 12.7. The number of carbonyl (C=O) groups is 3. The molecular weight excluding hydrogens is 1000 g/mol. The normalized spacial score (nSPS) is 36.2. The van der Waals surface area contributed by atoms with E-state index in [0.29, 0.717) is 42.8 Å². The summed E-state index contributed by atoms with van der Waals surface area (Å²) in [6.07, 6.45) is -29.4. The molecule has 2 amide bonds. The van der Waals surface area contributed by atoms with E-state index in [2.05, 4.69) is 10.6 Å². The fourth-order valence-electron chi connectivity index (χ4n) is 8.37. The monoisotopic (exact) mass is 1070 g/mol. The Morgan fingerprint density at radius 2 is 1.04 bits per heavy atom. The van der Waals surface area contributed by atoms with E-state index in [1.807, 2.05) is 0 Å². The topological polar surface area (TPSA) is 390 Å². The van der Waals surface area contributed by atoms with Crippen LogP contribution < -0.4 is 20.1 Å². The first-order valence-corrected chi connectivity index (χ1v) is 24.2. The van der Waals surface area contributed by atoms with Gasteiger partial charge in [-0.25, -0.2) is 4.79 Å². The summed E-state index contributed by atoms with van der Waals surface area (Å²) >= 11 is 0. The average molecular weight is 1070 g/mol. The number of aliphatic hydroxyl groups is 11. The molecule has 13 N–H and O–H groups in total. The molecule has 0 spiro atoms. The Hall–Kier alpha value is -4.79. The molecule has 4 saturated heterocycles. The first kappa shape index (κ1) is 59.5. The van der Waals surface area contributed by atoms with Crippen molar-refractivity contribution in [2.45, 2.75) is 150 Å². The molecule has 0 aliphatic carbocycles. The number of hydrogen-bond donors (Lipinski definition) is 13. The maximum Gasteiger partial charge on any atom is 0.330 e. The summed E-state index contributed by atoms with van der Waals surface area (Å²) in [4.78, 5) is 36.4. The van der Waals surface area contributed by atoms with E-state index in [1.54, 1.807) is 42.5 Å². The number of carbonyl (C=O) groups excluding carboxylic acids is 3. The highest BCUT2D eigenvalue weighted by atomic mass is 16.8. The predicted octanol–water partition coefficient (Wildman–Crippen LogP) is -4.32. The quantitative estimate of drug-likeness (QED) is 0.0301. The minimum atomic E-state index is -2.13. The molecule has 20 unspecified atom stereocenters. The lowest BCUT2D eigenvalue weighted by molar-refractivity contribution is -0.390. The number of ether oxygens (including phenoxy) is 10. The Balaban J connectivity index is 1.20. The predicted molar refractivity (Wildman–Crippen MR) is 253 cm³/mol. The van der Waals surface area contributed by atoms with E-state index in [4.69, 9.17) is 47.4 Å². The van der Waals surface area contributed by atoms with Crippen molar-refractivity contribution in [3.63, 3.8) is 0 Å². The van der Waals surface area contributed by atoms with Crippen LogP contribution in [0.25, 0.3) is 12.2 Å². The van der Waals surface area contributed by atoms with Crippen LogP contribution in [0.1, 0.15) is 37.8 Å². The molecule has 4 heterocycles. The lowest BCUT2D eigenvalue weighted by Gasteiger charge is -2.49. The molecule has 4 aliphatic heterocycles. The van der Waals surface area contributed by atoms with Crippen molar-refractivity contribution >= 4 is 29.9 Å². The van der Waals surface area contributed by atoms with E-state index < -0.39 is 149 Å². The molecule has 0 bridgehead atoms. The molecule has 2 aromatic rings. The second-order valence-corrected chi connectivity index (χ2v) is 18.2. The van der Waals surface area contributed by atoms with Gasteiger partial charge in [0.15, 0.2) is 25.0 Å². The largest absolute Gasteiger partial charge is 0.497 e. The van der Waals surface area contributed by atoms with Crippen molar-refractivity contribution in [1.29, 1.82) is 0 Å². The van der Waals surface area contributed by atoms with Gasteiger partial charge < -0.3 is 114 Å². The highest BCUT2D eigenvalue weighted by Gasteiger charge is 2.56. The molecule has 26 heteroatoms. The highest BCUT2D eigenvalue weighted by Crippen LogP contribution is 2.35. The molecule has 20 atom stereocenters. The summed E-state index contributed by atoms with van der Waals surface area (Å²) in [6.45, 7) is 1.22. The molecule has 0 saturated carbocycles. The van der Waals surface area contributed by atoms with Gasteiger partial charge in [-0.15, -0.1) is 0 Å². The highest BCUT2D eigenvalue weighted by molar-refractivity contribution is 5.91. The van der Waals surface area contributed by atoms with Crippen molar-refractivity contribution in [2.24, 2.45) is 0 Å². The van der Waals surface area contributed by atoms with Crippen molar-refractivity contribution in [3.8, 4) is 11.5 Å². The van der Waals surface area contributed by atoms with Crippen LogP contribution >= 0.6 is 0 Å². The Labute approximate surface area is 430 Å². The fraction of sp³-hybridized carbons (Fsp3) is 0.612. The Morgan fingerprint density at radius 3 is 1.60 bits per heavy atom. The van der Waals surface area contributed by atoms with Gasteiger partial charge in [0.25, 0.3) is 0 Å². The zero-order chi connectivity index (χ0) is 54.5. The van der Waals surface area contributed by atoms with Gasteiger partial charge >= 0.3 is 5.97 Å². The minimum absolute atomic E-state index is 0.135. The lowest BCUT2D eigenvalue weighted by atomic mass is 9.95. The zero-order valence-corrected chi connectivity index (χ0v) is 41.2. The van der Waals surface area contributed by atoms with Crippen molar-refractivity contribution in [3.05, 3.63) is 71.8 Å². The second-order valence-electron chi connectivity index (χ2n) is 18.2. The molecule has 418 valence electrons. The standard InChI is InChI=1S/C49H68N2O24/c1-23-34(57)39(62)45(49(68-23)69-28-14-8-25(9-15-28)10-16-32(55)51-19-5-4-18-50-24(2)54)75-48-42(65)44(37(60)31(72-48)22-67-33(56)17-11-26-6-12-27(66-3)13-7-26)74-47-41(64)43(36(59)30(21-53)71-47)73-46-40(63)38(61)35(58)29(20-52)70-46/h6-17,23,29-31,34-49,52-53,57-65H,4-5,18-22H2,1-3H3,(H,50,54)(H,51,55). The number of nitrogens with one attached hydrogen (secondary N) is 2. The Bertz CT molecular complexity index is 2170. The van der Waals surface area contributed by atoms with Crippen molar-refractivity contribution in [1.82, 2.24) is 10.6 Å². The number of methoxy groups -OCH3 is 1. The number of benzene rings is 2. The van der Waals surface area contributed by atoms with Crippen LogP contribution in [0, 0.1) is 0 Å². The van der Waals surface area contributed by atoms with Gasteiger partial charge in [0, 0.05) is 32.2 Å². The molecule has 4 fully saturated rings. The van der Waals surface area contributed by atoms with Gasteiger partial charge in [-0.3, -0.25) is 9.59 Å². The first-order valence-electron chi connectivity index (χ1n) is 24.2.